The molecule has 4 aromatic heterocycles. The van der Waals surface area contributed by atoms with Crippen LogP contribution >= 0.6 is 11.6 Å². The van der Waals surface area contributed by atoms with E-state index in [-0.39, 0.29) is 0 Å². The average Bonchev–Trinajstić information content (AvgIpc) is 3.17. The molecule has 4 aromatic rings. The molecule has 0 bridgehead atoms. The molecule has 0 spiro atoms. The number of anilines is 1. The molecule has 0 aromatic carbocycles. The molecule has 5 heterocycles. The third-order valence-electron chi connectivity index (χ3n) is 4.44. The molecule has 126 valence electrons. The fraction of sp³-hybridized carbons (Fsp3) is 0.250. The van der Waals surface area contributed by atoms with Crippen LogP contribution in [0.15, 0.2) is 37.1 Å². The zero-order valence-electron chi connectivity index (χ0n) is 13.5. The van der Waals surface area contributed by atoms with Gasteiger partial charge in [0.25, 0.3) is 0 Å². The highest BCUT2D eigenvalue weighted by molar-refractivity contribution is 6.29. The van der Waals surface area contributed by atoms with E-state index in [0.717, 1.165) is 29.7 Å². The van der Waals surface area contributed by atoms with Crippen molar-refractivity contribution in [1.29, 1.82) is 0 Å². The van der Waals surface area contributed by atoms with Gasteiger partial charge >= 0.3 is 0 Å². The van der Waals surface area contributed by atoms with Crippen LogP contribution in [-0.2, 0) is 0 Å². The van der Waals surface area contributed by atoms with Gasteiger partial charge < -0.3 is 10.2 Å². The Morgan fingerprint density at radius 3 is 2.84 bits per heavy atom. The molecule has 0 unspecified atom stereocenters. The summed E-state index contributed by atoms with van der Waals surface area (Å²) in [6, 6.07) is 2.41. The second kappa shape index (κ2) is 5.40. The van der Waals surface area contributed by atoms with Crippen LogP contribution in [0.2, 0.25) is 5.15 Å². The van der Waals surface area contributed by atoms with Crippen molar-refractivity contribution in [2.45, 2.75) is 6.04 Å². The number of likely N-dealkylation sites (tertiary alicyclic amines) is 1. The minimum atomic E-state index is 0.410. The molecule has 0 amide bonds. The average molecular weight is 355 g/mol. The van der Waals surface area contributed by atoms with Crippen molar-refractivity contribution in [3.05, 3.63) is 42.2 Å². The van der Waals surface area contributed by atoms with E-state index in [4.69, 9.17) is 11.6 Å². The van der Waals surface area contributed by atoms with E-state index >= 15 is 0 Å². The van der Waals surface area contributed by atoms with Gasteiger partial charge in [-0.1, -0.05) is 11.6 Å². The number of rotatable bonds is 3. The zero-order chi connectivity index (χ0) is 17.0. The smallest absolute Gasteiger partial charge is 0.241 e. The summed E-state index contributed by atoms with van der Waals surface area (Å²) in [6.07, 6.45) is 9.04. The number of hydrogen-bond acceptors (Lipinski definition) is 6. The summed E-state index contributed by atoms with van der Waals surface area (Å²) in [6.45, 7) is 2.02. The molecular weight excluding hydrogens is 340 g/mol. The Hall–Kier alpha value is -2.71. The Morgan fingerprint density at radius 1 is 1.16 bits per heavy atom. The van der Waals surface area contributed by atoms with Gasteiger partial charge in [-0.25, -0.2) is 19.5 Å². The van der Waals surface area contributed by atoms with Crippen molar-refractivity contribution in [3.63, 3.8) is 0 Å². The van der Waals surface area contributed by atoms with E-state index in [1.54, 1.807) is 16.8 Å². The van der Waals surface area contributed by atoms with Crippen LogP contribution in [0, 0.1) is 0 Å². The van der Waals surface area contributed by atoms with Crippen molar-refractivity contribution in [2.75, 3.05) is 25.5 Å². The van der Waals surface area contributed by atoms with Gasteiger partial charge in [0.15, 0.2) is 0 Å². The van der Waals surface area contributed by atoms with Crippen LogP contribution in [0.25, 0.3) is 22.4 Å². The van der Waals surface area contributed by atoms with Crippen molar-refractivity contribution in [1.82, 2.24) is 33.9 Å². The number of imidazole rings is 1. The number of nitrogens with zero attached hydrogens (tertiary/aromatic N) is 7. The predicted octanol–water partition coefficient (Wildman–Crippen LogP) is 1.82. The Balaban J connectivity index is 1.51. The number of fused-ring (bicyclic) bond motifs is 2. The minimum Gasteiger partial charge on any atom is -0.348 e. The molecule has 1 fully saturated rings. The second-order valence-corrected chi connectivity index (χ2v) is 6.68. The van der Waals surface area contributed by atoms with E-state index in [1.807, 2.05) is 29.2 Å². The first-order chi connectivity index (χ1) is 12.2. The topological polar surface area (TPSA) is 75.6 Å². The van der Waals surface area contributed by atoms with Gasteiger partial charge in [0.2, 0.25) is 11.7 Å². The maximum atomic E-state index is 6.14. The highest BCUT2D eigenvalue weighted by atomic mass is 35.5. The van der Waals surface area contributed by atoms with Crippen molar-refractivity contribution in [2.24, 2.45) is 0 Å². The van der Waals surface area contributed by atoms with Crippen LogP contribution in [0.3, 0.4) is 0 Å². The second-order valence-electron chi connectivity index (χ2n) is 6.30. The summed E-state index contributed by atoms with van der Waals surface area (Å²) in [5.41, 5.74) is 2.84. The lowest BCUT2D eigenvalue weighted by Crippen LogP contribution is -2.52. The van der Waals surface area contributed by atoms with E-state index in [1.165, 1.54) is 0 Å². The summed E-state index contributed by atoms with van der Waals surface area (Å²) in [7, 11) is 2.10. The van der Waals surface area contributed by atoms with Crippen LogP contribution in [0.5, 0.6) is 0 Å². The van der Waals surface area contributed by atoms with Crippen molar-refractivity contribution in [3.8, 4) is 11.1 Å². The molecule has 25 heavy (non-hydrogen) atoms. The SMILES string of the molecule is CN1CC(Nc2ncc3c(-c4cnc5ncc(Cl)n5c4)ccn3n2)C1. The van der Waals surface area contributed by atoms with Gasteiger partial charge in [0, 0.05) is 42.8 Å². The Morgan fingerprint density at radius 2 is 2.00 bits per heavy atom. The van der Waals surface area contributed by atoms with E-state index < -0.39 is 0 Å². The molecule has 1 N–H and O–H groups in total. The molecule has 1 aliphatic heterocycles. The highest BCUT2D eigenvalue weighted by Gasteiger charge is 2.23. The first-order valence-electron chi connectivity index (χ1n) is 7.96. The normalized spacial score (nSPS) is 15.8. The molecule has 0 saturated carbocycles. The number of aromatic nitrogens is 6. The first-order valence-corrected chi connectivity index (χ1v) is 8.33. The first kappa shape index (κ1) is 14.6. The summed E-state index contributed by atoms with van der Waals surface area (Å²) >= 11 is 6.14. The molecule has 1 saturated heterocycles. The van der Waals surface area contributed by atoms with E-state index in [0.29, 0.717) is 22.9 Å². The van der Waals surface area contributed by atoms with E-state index in [2.05, 4.69) is 37.3 Å². The molecule has 1 aliphatic rings. The maximum absolute atomic E-state index is 6.14. The van der Waals surface area contributed by atoms with Crippen molar-refractivity contribution >= 4 is 28.8 Å². The molecule has 8 nitrogen and oxygen atoms in total. The lowest BCUT2D eigenvalue weighted by atomic mass is 10.1. The van der Waals surface area contributed by atoms with Gasteiger partial charge in [0.05, 0.1) is 24.0 Å². The molecule has 9 heteroatoms. The van der Waals surface area contributed by atoms with Crippen LogP contribution in [0.4, 0.5) is 5.95 Å². The zero-order valence-corrected chi connectivity index (χ0v) is 14.2. The number of nitrogens with one attached hydrogen (secondary N) is 1. The fourth-order valence-electron chi connectivity index (χ4n) is 3.17. The molecule has 0 aliphatic carbocycles. The number of halogens is 1. The summed E-state index contributed by atoms with van der Waals surface area (Å²) in [4.78, 5) is 15.2. The lowest BCUT2D eigenvalue weighted by molar-refractivity contribution is 0.204. The van der Waals surface area contributed by atoms with Crippen LogP contribution < -0.4 is 5.32 Å². The Bertz CT molecular complexity index is 1080. The summed E-state index contributed by atoms with van der Waals surface area (Å²) < 4.78 is 3.58. The summed E-state index contributed by atoms with van der Waals surface area (Å²) in [5.74, 6) is 1.21. The third kappa shape index (κ3) is 2.41. The lowest BCUT2D eigenvalue weighted by Gasteiger charge is -2.36. The third-order valence-corrected chi connectivity index (χ3v) is 4.72. The predicted molar refractivity (Wildman–Crippen MR) is 94.9 cm³/mol. The Labute approximate surface area is 148 Å². The largest absolute Gasteiger partial charge is 0.348 e. The van der Waals surface area contributed by atoms with Crippen molar-refractivity contribution < 1.29 is 0 Å². The fourth-order valence-corrected chi connectivity index (χ4v) is 3.34. The highest BCUT2D eigenvalue weighted by Crippen LogP contribution is 2.26. The molecule has 0 atom stereocenters. The molecule has 5 rings (SSSR count). The maximum Gasteiger partial charge on any atom is 0.241 e. The van der Waals surface area contributed by atoms with Crippen LogP contribution in [-0.4, -0.2) is 60.0 Å². The number of hydrogen-bond donors (Lipinski definition) is 1. The van der Waals surface area contributed by atoms with Crippen LogP contribution in [0.1, 0.15) is 0 Å². The monoisotopic (exact) mass is 354 g/mol. The minimum absolute atomic E-state index is 0.410. The summed E-state index contributed by atoms with van der Waals surface area (Å²) in [5, 5.41) is 8.43. The van der Waals surface area contributed by atoms with Gasteiger partial charge in [-0.15, -0.1) is 5.10 Å². The standard InChI is InChI=1S/C16H15ClN8/c1-23-8-11(9-23)21-15-18-5-13-12(2-3-25(13)22-15)10-4-19-16-20-6-14(17)24(16)7-10/h2-7,11H,8-9H2,1H3,(H,21,22). The number of likely N-dealkylation sites (N-methyl/N-ethyl adjacent to an activating group) is 1. The van der Waals surface area contributed by atoms with Gasteiger partial charge in [-0.2, -0.15) is 0 Å². The van der Waals surface area contributed by atoms with Gasteiger partial charge in [-0.05, 0) is 13.1 Å². The van der Waals surface area contributed by atoms with E-state index in [9.17, 15) is 0 Å². The Kier molecular flexibility index (Phi) is 3.16. The van der Waals surface area contributed by atoms with Gasteiger partial charge in [0.1, 0.15) is 5.15 Å². The van der Waals surface area contributed by atoms with Gasteiger partial charge in [-0.3, -0.25) is 4.40 Å². The molecular formula is C16H15ClN8. The molecule has 0 radical (unpaired) electrons. The quantitative estimate of drug-likeness (QED) is 0.605.